The Morgan fingerprint density at radius 2 is 0.636 bits per heavy atom. The van der Waals surface area contributed by atoms with Crippen LogP contribution in [0.15, 0.2) is 0 Å². The largest absolute Gasteiger partial charge is 0.381 e. The van der Waals surface area contributed by atoms with E-state index in [1.54, 1.807) is 0 Å². The van der Waals surface area contributed by atoms with Crippen molar-refractivity contribution in [3.63, 3.8) is 0 Å². The van der Waals surface area contributed by atoms with Crippen LogP contribution in [0.5, 0.6) is 0 Å². The summed E-state index contributed by atoms with van der Waals surface area (Å²) in [6.07, 6.45) is 14.5. The number of unbranched alkanes of at least 4 members (excludes halogenated alkanes) is 9. The van der Waals surface area contributed by atoms with Gasteiger partial charge in [0.1, 0.15) is 0 Å². The smallest absolute Gasteiger partial charge is 0.0466 e. The van der Waals surface area contributed by atoms with Crippen LogP contribution < -0.4 is 0 Å². The van der Waals surface area contributed by atoms with Crippen LogP contribution in [0, 0.1) is 0 Å². The minimum absolute atomic E-state index is 0.790. The Morgan fingerprint density at radius 3 is 0.909 bits per heavy atom. The lowest BCUT2D eigenvalue weighted by atomic mass is 10.2. The summed E-state index contributed by atoms with van der Waals surface area (Å²) in [5.74, 6) is 1.58. The van der Waals surface area contributed by atoms with Crippen LogP contribution in [-0.2, 0) is 9.47 Å². The second-order valence-corrected chi connectivity index (χ2v) is 6.60. The first-order chi connectivity index (χ1) is 10.9. The van der Waals surface area contributed by atoms with Crippen LogP contribution in [0.1, 0.15) is 77.0 Å². The fourth-order valence-corrected chi connectivity index (χ4v) is 2.65. The Balaban J connectivity index is 2.91. The van der Waals surface area contributed by atoms with E-state index in [-0.39, 0.29) is 0 Å². The van der Waals surface area contributed by atoms with Gasteiger partial charge >= 0.3 is 0 Å². The molecule has 0 fully saturated rings. The van der Waals surface area contributed by atoms with E-state index >= 15 is 0 Å². The van der Waals surface area contributed by atoms with Crippen LogP contribution in [0.3, 0.4) is 0 Å². The molecule has 0 atom stereocenters. The average molecular weight is 355 g/mol. The van der Waals surface area contributed by atoms with Crippen LogP contribution in [-0.4, -0.2) is 38.2 Å². The summed E-state index contributed by atoms with van der Waals surface area (Å²) in [5, 5.41) is 0. The standard InChI is InChI=1S/C18H36Cl2O2/c19-13-7-1-3-9-15-21-17-11-5-6-12-18-22-16-10-4-2-8-14-20/h1-18H2. The highest BCUT2D eigenvalue weighted by Crippen LogP contribution is 2.05. The molecule has 0 saturated heterocycles. The van der Waals surface area contributed by atoms with Crippen molar-refractivity contribution in [2.24, 2.45) is 0 Å². The third kappa shape index (κ3) is 20.5. The Bertz CT molecular complexity index is 172. The average Bonchev–Trinajstić information content (AvgIpc) is 2.54. The molecule has 22 heavy (non-hydrogen) atoms. The zero-order valence-electron chi connectivity index (χ0n) is 14.3. The summed E-state index contributed by atoms with van der Waals surface area (Å²) in [6, 6.07) is 0. The molecule has 0 unspecified atom stereocenters. The van der Waals surface area contributed by atoms with Crippen molar-refractivity contribution < 1.29 is 9.47 Å². The third-order valence-corrected chi connectivity index (χ3v) is 4.21. The molecule has 0 heterocycles. The Morgan fingerprint density at radius 1 is 0.364 bits per heavy atom. The van der Waals surface area contributed by atoms with Gasteiger partial charge in [-0.15, -0.1) is 23.2 Å². The fraction of sp³-hybridized carbons (Fsp3) is 1.00. The highest BCUT2D eigenvalue weighted by atomic mass is 35.5. The van der Waals surface area contributed by atoms with Crippen molar-refractivity contribution in [3.05, 3.63) is 0 Å². The summed E-state index contributed by atoms with van der Waals surface area (Å²) in [7, 11) is 0. The zero-order valence-corrected chi connectivity index (χ0v) is 15.8. The van der Waals surface area contributed by atoms with Gasteiger partial charge in [0.25, 0.3) is 0 Å². The van der Waals surface area contributed by atoms with E-state index in [4.69, 9.17) is 32.7 Å². The van der Waals surface area contributed by atoms with Gasteiger partial charge in [-0.1, -0.05) is 38.5 Å². The Hall–Kier alpha value is 0.500. The number of halogens is 2. The maximum absolute atomic E-state index is 5.63. The van der Waals surface area contributed by atoms with Gasteiger partial charge in [0, 0.05) is 38.2 Å². The molecule has 0 saturated carbocycles. The lowest BCUT2D eigenvalue weighted by Crippen LogP contribution is -1.99. The molecule has 0 aliphatic rings. The highest BCUT2D eigenvalue weighted by Gasteiger charge is 1.94. The molecule has 0 spiro atoms. The minimum Gasteiger partial charge on any atom is -0.381 e. The molecule has 4 heteroatoms. The fourth-order valence-electron chi connectivity index (χ4n) is 2.27. The predicted molar refractivity (Wildman–Crippen MR) is 98.5 cm³/mol. The molecule has 0 radical (unpaired) electrons. The van der Waals surface area contributed by atoms with E-state index < -0.39 is 0 Å². The molecule has 0 aromatic heterocycles. The van der Waals surface area contributed by atoms with Crippen LogP contribution in [0.4, 0.5) is 0 Å². The molecule has 0 amide bonds. The summed E-state index contributed by atoms with van der Waals surface area (Å²) < 4.78 is 11.3. The molecular formula is C18H36Cl2O2. The molecule has 0 aromatic rings. The summed E-state index contributed by atoms with van der Waals surface area (Å²) in [6.45, 7) is 3.65. The molecule has 0 bridgehead atoms. The van der Waals surface area contributed by atoms with E-state index in [1.807, 2.05) is 0 Å². The topological polar surface area (TPSA) is 18.5 Å². The van der Waals surface area contributed by atoms with Gasteiger partial charge in [-0.3, -0.25) is 0 Å². The lowest BCUT2D eigenvalue weighted by Gasteiger charge is -2.05. The lowest BCUT2D eigenvalue weighted by molar-refractivity contribution is 0.117. The zero-order chi connectivity index (χ0) is 16.1. The first kappa shape index (κ1) is 22.5. The van der Waals surface area contributed by atoms with E-state index in [9.17, 15) is 0 Å². The normalized spacial score (nSPS) is 11.2. The molecule has 0 aromatic carbocycles. The number of hydrogen-bond acceptors (Lipinski definition) is 2. The van der Waals surface area contributed by atoms with E-state index in [0.29, 0.717) is 0 Å². The first-order valence-electron chi connectivity index (χ1n) is 9.19. The summed E-state index contributed by atoms with van der Waals surface area (Å²) in [4.78, 5) is 0. The monoisotopic (exact) mass is 354 g/mol. The van der Waals surface area contributed by atoms with Gasteiger partial charge in [-0.25, -0.2) is 0 Å². The SMILES string of the molecule is ClCCCCCCOCCCCCCOCCCCCCCl. The van der Waals surface area contributed by atoms with Gasteiger partial charge in [0.2, 0.25) is 0 Å². The maximum Gasteiger partial charge on any atom is 0.0466 e. The second-order valence-electron chi connectivity index (χ2n) is 5.85. The van der Waals surface area contributed by atoms with Crippen LogP contribution in [0.2, 0.25) is 0 Å². The predicted octanol–water partition coefficient (Wildman–Crippen LogP) is 6.18. The molecule has 0 aliphatic carbocycles. The quantitative estimate of drug-likeness (QED) is 0.203. The van der Waals surface area contributed by atoms with Crippen molar-refractivity contribution in [1.29, 1.82) is 0 Å². The van der Waals surface area contributed by atoms with Crippen molar-refractivity contribution >= 4 is 23.2 Å². The van der Waals surface area contributed by atoms with Crippen LogP contribution >= 0.6 is 23.2 Å². The van der Waals surface area contributed by atoms with Crippen molar-refractivity contribution in [1.82, 2.24) is 0 Å². The third-order valence-electron chi connectivity index (χ3n) is 3.67. The maximum atomic E-state index is 5.63. The van der Waals surface area contributed by atoms with E-state index in [1.165, 1.54) is 64.2 Å². The number of ether oxygens (including phenoxy) is 2. The molecule has 134 valence electrons. The van der Waals surface area contributed by atoms with Crippen molar-refractivity contribution in [2.75, 3.05) is 38.2 Å². The van der Waals surface area contributed by atoms with E-state index in [2.05, 4.69) is 0 Å². The van der Waals surface area contributed by atoms with Crippen molar-refractivity contribution in [3.8, 4) is 0 Å². The van der Waals surface area contributed by atoms with Crippen LogP contribution in [0.25, 0.3) is 0 Å². The summed E-state index contributed by atoms with van der Waals surface area (Å²) >= 11 is 11.3. The number of hydrogen-bond donors (Lipinski definition) is 0. The van der Waals surface area contributed by atoms with Gasteiger partial charge in [0.05, 0.1) is 0 Å². The second kappa shape index (κ2) is 21.5. The molecule has 2 nitrogen and oxygen atoms in total. The van der Waals surface area contributed by atoms with E-state index in [0.717, 1.165) is 51.0 Å². The number of alkyl halides is 2. The van der Waals surface area contributed by atoms with Gasteiger partial charge in [-0.2, -0.15) is 0 Å². The van der Waals surface area contributed by atoms with Gasteiger partial charge in [0.15, 0.2) is 0 Å². The first-order valence-corrected chi connectivity index (χ1v) is 10.3. The highest BCUT2D eigenvalue weighted by molar-refractivity contribution is 6.18. The molecule has 0 aliphatic heterocycles. The molecular weight excluding hydrogens is 319 g/mol. The summed E-state index contributed by atoms with van der Waals surface area (Å²) in [5.41, 5.74) is 0. The Labute approximate surface area is 148 Å². The number of rotatable bonds is 19. The molecule has 0 rings (SSSR count). The minimum atomic E-state index is 0.790. The van der Waals surface area contributed by atoms with Gasteiger partial charge in [-0.05, 0) is 38.5 Å². The van der Waals surface area contributed by atoms with Crippen molar-refractivity contribution in [2.45, 2.75) is 77.0 Å². The Kier molecular flexibility index (Phi) is 22.0. The molecule has 0 N–H and O–H groups in total. The van der Waals surface area contributed by atoms with Gasteiger partial charge < -0.3 is 9.47 Å².